The lowest BCUT2D eigenvalue weighted by Crippen LogP contribution is -2.41. The van der Waals surface area contributed by atoms with Crippen LogP contribution >= 0.6 is 0 Å². The van der Waals surface area contributed by atoms with E-state index < -0.39 is 28.9 Å². The van der Waals surface area contributed by atoms with Gasteiger partial charge >= 0.3 is 6.18 Å². The standard InChI is InChI=1S/C21H27F5N4O2/c1-4-32-9-7-5-6-8-19(31)27-20(2,3)18-13-30(29-28-18)12-14-10-17(23)15(11-16(14)22)21(24,25)26/h10-11,13H,4-9,12H2,1-3H3,(H,27,31). The first-order valence-electron chi connectivity index (χ1n) is 10.3. The van der Waals surface area contributed by atoms with Crippen molar-refractivity contribution in [3.63, 3.8) is 0 Å². The molecule has 11 heteroatoms. The minimum atomic E-state index is -4.99. The Bertz CT molecular complexity index is 912. The molecule has 1 heterocycles. The molecular weight excluding hydrogens is 435 g/mol. The minimum absolute atomic E-state index is 0.126. The van der Waals surface area contributed by atoms with Crippen molar-refractivity contribution in [2.45, 2.75) is 64.7 Å². The van der Waals surface area contributed by atoms with Crippen molar-refractivity contribution in [1.82, 2.24) is 20.3 Å². The van der Waals surface area contributed by atoms with E-state index in [0.29, 0.717) is 37.8 Å². The summed E-state index contributed by atoms with van der Waals surface area (Å²) in [7, 11) is 0. The zero-order valence-electron chi connectivity index (χ0n) is 18.2. The molecule has 2 aromatic rings. The minimum Gasteiger partial charge on any atom is -0.382 e. The highest BCUT2D eigenvalue weighted by atomic mass is 19.4. The largest absolute Gasteiger partial charge is 0.419 e. The quantitative estimate of drug-likeness (QED) is 0.392. The predicted octanol–water partition coefficient (Wildman–Crippen LogP) is 4.57. The third-order valence-electron chi connectivity index (χ3n) is 4.80. The van der Waals surface area contributed by atoms with E-state index in [1.165, 1.54) is 10.9 Å². The molecule has 0 fully saturated rings. The van der Waals surface area contributed by atoms with Crippen molar-refractivity contribution in [1.29, 1.82) is 0 Å². The zero-order valence-corrected chi connectivity index (χ0v) is 18.2. The van der Waals surface area contributed by atoms with Gasteiger partial charge in [0.1, 0.15) is 17.3 Å². The number of alkyl halides is 3. The number of aromatic nitrogens is 3. The van der Waals surface area contributed by atoms with Gasteiger partial charge < -0.3 is 10.1 Å². The summed E-state index contributed by atoms with van der Waals surface area (Å²) in [4.78, 5) is 12.2. The van der Waals surface area contributed by atoms with Gasteiger partial charge in [-0.15, -0.1) is 5.10 Å². The smallest absolute Gasteiger partial charge is 0.382 e. The molecule has 0 saturated carbocycles. The van der Waals surface area contributed by atoms with E-state index in [-0.39, 0.29) is 24.1 Å². The Labute approximate surface area is 183 Å². The maximum Gasteiger partial charge on any atom is 0.419 e. The van der Waals surface area contributed by atoms with Crippen LogP contribution < -0.4 is 5.32 Å². The fourth-order valence-electron chi connectivity index (χ4n) is 3.05. The highest BCUT2D eigenvalue weighted by molar-refractivity contribution is 5.76. The van der Waals surface area contributed by atoms with Gasteiger partial charge in [0.2, 0.25) is 5.91 Å². The van der Waals surface area contributed by atoms with Gasteiger partial charge in [-0.05, 0) is 45.7 Å². The molecule has 1 N–H and O–H groups in total. The summed E-state index contributed by atoms with van der Waals surface area (Å²) in [6.07, 6.45) is -0.786. The van der Waals surface area contributed by atoms with Gasteiger partial charge in [0.15, 0.2) is 0 Å². The van der Waals surface area contributed by atoms with E-state index >= 15 is 0 Å². The van der Waals surface area contributed by atoms with E-state index in [1.807, 2.05) is 6.92 Å². The summed E-state index contributed by atoms with van der Waals surface area (Å²) in [6, 6.07) is 0.624. The van der Waals surface area contributed by atoms with Crippen LogP contribution in [0.25, 0.3) is 0 Å². The van der Waals surface area contributed by atoms with E-state index in [0.717, 1.165) is 12.8 Å². The second-order valence-electron chi connectivity index (χ2n) is 7.90. The lowest BCUT2D eigenvalue weighted by molar-refractivity contribution is -0.140. The molecule has 32 heavy (non-hydrogen) atoms. The topological polar surface area (TPSA) is 69.0 Å². The summed E-state index contributed by atoms with van der Waals surface area (Å²) < 4.78 is 72.4. The number of ether oxygens (including phenoxy) is 1. The van der Waals surface area contributed by atoms with E-state index in [2.05, 4.69) is 15.6 Å². The number of nitrogens with one attached hydrogen (secondary N) is 1. The molecule has 178 valence electrons. The zero-order chi connectivity index (χ0) is 23.9. The molecule has 2 rings (SSSR count). The molecule has 1 aromatic heterocycles. The monoisotopic (exact) mass is 462 g/mol. The van der Waals surface area contributed by atoms with Crippen LogP contribution in [-0.4, -0.2) is 34.1 Å². The van der Waals surface area contributed by atoms with Crippen molar-refractivity contribution in [3.8, 4) is 0 Å². The number of amides is 1. The van der Waals surface area contributed by atoms with Gasteiger partial charge in [0.25, 0.3) is 0 Å². The van der Waals surface area contributed by atoms with E-state index in [4.69, 9.17) is 4.74 Å². The third kappa shape index (κ3) is 7.25. The number of hydrogen-bond donors (Lipinski definition) is 1. The Morgan fingerprint density at radius 2 is 1.84 bits per heavy atom. The van der Waals surface area contributed by atoms with Crippen LogP contribution in [0, 0.1) is 11.6 Å². The highest BCUT2D eigenvalue weighted by Crippen LogP contribution is 2.32. The van der Waals surface area contributed by atoms with E-state index in [1.54, 1.807) is 13.8 Å². The van der Waals surface area contributed by atoms with E-state index in [9.17, 15) is 26.7 Å². The third-order valence-corrected chi connectivity index (χ3v) is 4.80. The molecule has 6 nitrogen and oxygen atoms in total. The normalized spacial score (nSPS) is 12.2. The lowest BCUT2D eigenvalue weighted by Gasteiger charge is -2.23. The van der Waals surface area contributed by atoms with Gasteiger partial charge in [0.05, 0.1) is 23.8 Å². The van der Waals surface area contributed by atoms with Gasteiger partial charge in [-0.3, -0.25) is 4.79 Å². The Morgan fingerprint density at radius 1 is 1.12 bits per heavy atom. The Hall–Kier alpha value is -2.56. The van der Waals surface area contributed by atoms with Crippen LogP contribution in [0.2, 0.25) is 0 Å². The Kier molecular flexibility index (Phi) is 8.71. The van der Waals surface area contributed by atoms with Crippen LogP contribution in [0.1, 0.15) is 63.3 Å². The highest BCUT2D eigenvalue weighted by Gasteiger charge is 2.35. The fraction of sp³-hybridized carbons (Fsp3) is 0.571. The molecule has 0 bridgehead atoms. The van der Waals surface area contributed by atoms with Crippen LogP contribution in [0.3, 0.4) is 0 Å². The number of halogens is 5. The first-order valence-corrected chi connectivity index (χ1v) is 10.3. The molecule has 0 aliphatic rings. The number of unbranched alkanes of at least 4 members (excludes halogenated alkanes) is 2. The van der Waals surface area contributed by atoms with Gasteiger partial charge in [-0.2, -0.15) is 13.2 Å². The number of benzene rings is 1. The number of carbonyl (C=O) groups excluding carboxylic acids is 1. The van der Waals surface area contributed by atoms with Crippen molar-refractivity contribution in [2.24, 2.45) is 0 Å². The molecule has 0 radical (unpaired) electrons. The molecule has 0 spiro atoms. The molecule has 0 unspecified atom stereocenters. The van der Waals surface area contributed by atoms with Crippen molar-refractivity contribution in [2.75, 3.05) is 13.2 Å². The van der Waals surface area contributed by atoms with Crippen LogP contribution in [0.15, 0.2) is 18.3 Å². The average Bonchev–Trinajstić information content (AvgIpc) is 3.15. The van der Waals surface area contributed by atoms with Crippen molar-refractivity contribution >= 4 is 5.91 Å². The molecule has 0 aliphatic carbocycles. The Balaban J connectivity index is 1.98. The molecule has 1 amide bonds. The number of rotatable bonds is 11. The van der Waals surface area contributed by atoms with Crippen LogP contribution in [0.5, 0.6) is 0 Å². The second kappa shape index (κ2) is 10.8. The molecule has 0 aliphatic heterocycles. The van der Waals surface area contributed by atoms with Gasteiger partial charge in [0, 0.05) is 25.2 Å². The molecule has 1 aromatic carbocycles. The molecular formula is C21H27F5N4O2. The average molecular weight is 462 g/mol. The second-order valence-corrected chi connectivity index (χ2v) is 7.90. The predicted molar refractivity (Wildman–Crippen MR) is 107 cm³/mol. The summed E-state index contributed by atoms with van der Waals surface area (Å²) >= 11 is 0. The fourth-order valence-corrected chi connectivity index (χ4v) is 3.05. The summed E-state index contributed by atoms with van der Waals surface area (Å²) in [6.45, 7) is 6.35. The van der Waals surface area contributed by atoms with Gasteiger partial charge in [-0.1, -0.05) is 11.6 Å². The SMILES string of the molecule is CCOCCCCCC(=O)NC(C)(C)c1cn(Cc2cc(F)c(C(F)(F)F)cc2F)nn1. The first-order chi connectivity index (χ1) is 14.9. The first kappa shape index (κ1) is 25.7. The molecule has 0 atom stereocenters. The van der Waals surface area contributed by atoms with Crippen LogP contribution in [-0.2, 0) is 27.8 Å². The van der Waals surface area contributed by atoms with Gasteiger partial charge in [-0.25, -0.2) is 13.5 Å². The number of hydrogen-bond acceptors (Lipinski definition) is 4. The summed E-state index contributed by atoms with van der Waals surface area (Å²) in [5, 5.41) is 10.6. The van der Waals surface area contributed by atoms with Crippen molar-refractivity contribution in [3.05, 3.63) is 46.8 Å². The maximum absolute atomic E-state index is 14.1. The van der Waals surface area contributed by atoms with Crippen molar-refractivity contribution < 1.29 is 31.5 Å². The Morgan fingerprint density at radius 3 is 2.50 bits per heavy atom. The molecule has 0 saturated heterocycles. The summed E-state index contributed by atoms with van der Waals surface area (Å²) in [5.74, 6) is -2.94. The lowest BCUT2D eigenvalue weighted by atomic mass is 10.0. The maximum atomic E-state index is 14.1. The van der Waals surface area contributed by atoms with Crippen LogP contribution in [0.4, 0.5) is 22.0 Å². The number of nitrogens with zero attached hydrogens (tertiary/aromatic N) is 3. The number of carbonyl (C=O) groups is 1. The summed E-state index contributed by atoms with van der Waals surface area (Å²) in [5.41, 5.74) is -2.49.